The van der Waals surface area contributed by atoms with Crippen LogP contribution in [0.15, 0.2) is 97.1 Å². The predicted molar refractivity (Wildman–Crippen MR) is 150 cm³/mol. The van der Waals surface area contributed by atoms with E-state index in [1.165, 1.54) is 12.2 Å². The van der Waals surface area contributed by atoms with Crippen molar-refractivity contribution >= 4 is 11.8 Å². The first kappa shape index (κ1) is 29.6. The van der Waals surface area contributed by atoms with Crippen molar-refractivity contribution in [2.24, 2.45) is 17.4 Å². The van der Waals surface area contributed by atoms with E-state index in [0.717, 1.165) is 16.7 Å². The number of phenols is 1. The van der Waals surface area contributed by atoms with Crippen molar-refractivity contribution in [2.75, 3.05) is 0 Å². The minimum Gasteiger partial charge on any atom is -0.508 e. The van der Waals surface area contributed by atoms with Crippen LogP contribution in [-0.4, -0.2) is 51.4 Å². The van der Waals surface area contributed by atoms with E-state index in [2.05, 4.69) is 5.32 Å². The fourth-order valence-electron chi connectivity index (χ4n) is 4.37. The maximum Gasteiger partial charge on any atom is 0.240 e. The first-order valence-corrected chi connectivity index (χ1v) is 13.0. The van der Waals surface area contributed by atoms with Gasteiger partial charge in [-0.2, -0.15) is 0 Å². The number of primary amides is 1. The molecular weight excluding hydrogens is 494 g/mol. The maximum absolute atomic E-state index is 13.3. The van der Waals surface area contributed by atoms with Gasteiger partial charge in [-0.05, 0) is 48.1 Å². The quantitative estimate of drug-likeness (QED) is 0.175. The number of phenolic OH excluding ortho intramolecular Hbond substituents is 1. The van der Waals surface area contributed by atoms with Gasteiger partial charge in [0.25, 0.3) is 0 Å². The maximum atomic E-state index is 13.3. The molecule has 0 unspecified atom stereocenters. The monoisotopic (exact) mass is 531 g/mol. The molecule has 8 heteroatoms. The van der Waals surface area contributed by atoms with Gasteiger partial charge >= 0.3 is 0 Å². The smallest absolute Gasteiger partial charge is 0.240 e. The minimum absolute atomic E-state index is 0.167. The summed E-state index contributed by atoms with van der Waals surface area (Å²) in [6.07, 6.45) is 1.82. The number of hydrogen-bond acceptors (Lipinski definition) is 6. The number of amides is 2. The van der Waals surface area contributed by atoms with Crippen LogP contribution in [0.1, 0.15) is 23.1 Å². The number of aliphatic hydroxyl groups excluding tert-OH is 2. The van der Waals surface area contributed by atoms with Crippen molar-refractivity contribution in [3.05, 3.63) is 114 Å². The number of nitrogens with two attached hydrogens (primary N) is 2. The van der Waals surface area contributed by atoms with Crippen LogP contribution >= 0.6 is 0 Å². The number of nitrogens with one attached hydrogen (secondary N) is 1. The van der Waals surface area contributed by atoms with Gasteiger partial charge in [-0.3, -0.25) is 9.59 Å². The lowest BCUT2D eigenvalue weighted by molar-refractivity contribution is -0.131. The molecule has 3 rings (SSSR count). The molecule has 206 valence electrons. The zero-order valence-corrected chi connectivity index (χ0v) is 21.8. The van der Waals surface area contributed by atoms with E-state index >= 15 is 0 Å². The van der Waals surface area contributed by atoms with Gasteiger partial charge in [-0.25, -0.2) is 0 Å². The van der Waals surface area contributed by atoms with Gasteiger partial charge in [0.05, 0.1) is 18.1 Å². The largest absolute Gasteiger partial charge is 0.508 e. The second-order valence-electron chi connectivity index (χ2n) is 9.76. The van der Waals surface area contributed by atoms with E-state index < -0.39 is 36.0 Å². The summed E-state index contributed by atoms with van der Waals surface area (Å²) in [7, 11) is 0. The molecule has 0 heterocycles. The Morgan fingerprint density at radius 2 is 1.31 bits per heavy atom. The standard InChI is InChI=1S/C31H37N3O5/c32-24(17-23-11-13-25(35)14-12-23)20-26(36)15-16-29(37)27(18-21-7-3-1-4-8-21)31(39)34-28(30(33)38)19-22-9-5-2-6-10-22/h1-16,24,26-29,35-37H,17-20,32H2,(H2,33,38)(H,34,39)/b16-15+/t24-,26+,27+,28-,29+/m0/s1. The van der Waals surface area contributed by atoms with Crippen molar-refractivity contribution < 1.29 is 24.9 Å². The zero-order valence-electron chi connectivity index (χ0n) is 21.8. The summed E-state index contributed by atoms with van der Waals surface area (Å²) in [5.41, 5.74) is 14.4. The molecule has 3 aromatic carbocycles. The van der Waals surface area contributed by atoms with Crippen LogP contribution in [0.2, 0.25) is 0 Å². The van der Waals surface area contributed by atoms with E-state index in [0.29, 0.717) is 6.42 Å². The van der Waals surface area contributed by atoms with Crippen LogP contribution in [0, 0.1) is 5.92 Å². The summed E-state index contributed by atoms with van der Waals surface area (Å²) in [5, 5.41) is 33.6. The van der Waals surface area contributed by atoms with Gasteiger partial charge in [0.1, 0.15) is 11.8 Å². The number of hydrogen-bond donors (Lipinski definition) is 6. The highest BCUT2D eigenvalue weighted by molar-refractivity contribution is 5.88. The van der Waals surface area contributed by atoms with Crippen LogP contribution in [0.5, 0.6) is 5.75 Å². The van der Waals surface area contributed by atoms with Gasteiger partial charge in [-0.1, -0.05) is 84.9 Å². The Kier molecular flexibility index (Phi) is 11.2. The number of benzene rings is 3. The van der Waals surface area contributed by atoms with Gasteiger partial charge in [-0.15, -0.1) is 0 Å². The van der Waals surface area contributed by atoms with Crippen LogP contribution in [-0.2, 0) is 28.9 Å². The SMILES string of the molecule is NC(=O)[C@H](Cc1ccccc1)NC(=O)[C@H](Cc1ccccc1)[C@H](O)/C=C/[C@@H](O)C[C@@H](N)Cc1ccc(O)cc1. The van der Waals surface area contributed by atoms with Crippen molar-refractivity contribution in [1.82, 2.24) is 5.32 Å². The number of carbonyl (C=O) groups excluding carboxylic acids is 2. The van der Waals surface area contributed by atoms with Crippen LogP contribution in [0.25, 0.3) is 0 Å². The molecule has 0 fully saturated rings. The molecule has 8 nitrogen and oxygen atoms in total. The summed E-state index contributed by atoms with van der Waals surface area (Å²) < 4.78 is 0. The fraction of sp³-hybridized carbons (Fsp3) is 0.290. The Balaban J connectivity index is 1.67. The summed E-state index contributed by atoms with van der Waals surface area (Å²) in [6.45, 7) is 0. The number of rotatable bonds is 14. The predicted octanol–water partition coefficient (Wildman–Crippen LogP) is 2.00. The van der Waals surface area contributed by atoms with Crippen molar-refractivity contribution in [1.29, 1.82) is 0 Å². The van der Waals surface area contributed by atoms with Gasteiger partial charge in [0, 0.05) is 12.5 Å². The zero-order chi connectivity index (χ0) is 28.2. The average Bonchev–Trinajstić information content (AvgIpc) is 2.92. The molecule has 0 aliphatic carbocycles. The van der Waals surface area contributed by atoms with Crippen LogP contribution in [0.4, 0.5) is 0 Å². The fourth-order valence-corrected chi connectivity index (χ4v) is 4.37. The van der Waals surface area contributed by atoms with Crippen molar-refractivity contribution in [2.45, 2.75) is 50.0 Å². The highest BCUT2D eigenvalue weighted by atomic mass is 16.3. The normalized spacial score (nSPS) is 15.3. The third kappa shape index (κ3) is 10.0. The van der Waals surface area contributed by atoms with E-state index in [-0.39, 0.29) is 31.1 Å². The van der Waals surface area contributed by atoms with Crippen LogP contribution < -0.4 is 16.8 Å². The number of carbonyl (C=O) groups is 2. The van der Waals surface area contributed by atoms with Crippen LogP contribution in [0.3, 0.4) is 0 Å². The van der Waals surface area contributed by atoms with E-state index in [9.17, 15) is 24.9 Å². The molecule has 8 N–H and O–H groups in total. The summed E-state index contributed by atoms with van der Waals surface area (Å²) >= 11 is 0. The van der Waals surface area contributed by atoms with E-state index in [1.54, 1.807) is 24.3 Å². The molecule has 0 aliphatic heterocycles. The average molecular weight is 532 g/mol. The molecule has 2 amide bonds. The topological polar surface area (TPSA) is 159 Å². The highest BCUT2D eigenvalue weighted by Crippen LogP contribution is 2.17. The third-order valence-electron chi connectivity index (χ3n) is 6.50. The molecule has 39 heavy (non-hydrogen) atoms. The molecule has 0 radical (unpaired) electrons. The summed E-state index contributed by atoms with van der Waals surface area (Å²) in [6, 6.07) is 23.8. The molecule has 3 aromatic rings. The summed E-state index contributed by atoms with van der Waals surface area (Å²) in [5.74, 6) is -1.96. The minimum atomic E-state index is -1.24. The molecule has 0 saturated carbocycles. The van der Waals surface area contributed by atoms with Gasteiger partial charge in [0.2, 0.25) is 11.8 Å². The lowest BCUT2D eigenvalue weighted by Crippen LogP contribution is -2.50. The molecule has 0 bridgehead atoms. The Hall–Kier alpha value is -3.98. The molecule has 0 spiro atoms. The number of aromatic hydroxyl groups is 1. The summed E-state index contributed by atoms with van der Waals surface area (Å²) in [4.78, 5) is 25.5. The number of aliphatic hydroxyl groups is 2. The Labute approximate surface area is 229 Å². The molecule has 0 saturated heterocycles. The Bertz CT molecular complexity index is 1200. The van der Waals surface area contributed by atoms with Gasteiger partial charge in [0.15, 0.2) is 0 Å². The first-order valence-electron chi connectivity index (χ1n) is 13.0. The molecular formula is C31H37N3O5. The van der Waals surface area contributed by atoms with Crippen molar-refractivity contribution in [3.8, 4) is 5.75 Å². The Morgan fingerprint density at radius 3 is 1.87 bits per heavy atom. The third-order valence-corrected chi connectivity index (χ3v) is 6.50. The second kappa shape index (κ2) is 14.8. The Morgan fingerprint density at radius 1 is 0.769 bits per heavy atom. The van der Waals surface area contributed by atoms with Crippen molar-refractivity contribution in [3.63, 3.8) is 0 Å². The lowest BCUT2D eigenvalue weighted by atomic mass is 9.91. The van der Waals surface area contributed by atoms with Gasteiger partial charge < -0.3 is 32.1 Å². The first-order chi connectivity index (χ1) is 18.7. The van der Waals surface area contributed by atoms with E-state index in [4.69, 9.17) is 11.5 Å². The lowest BCUT2D eigenvalue weighted by Gasteiger charge is -2.24. The molecule has 0 aliphatic rings. The molecule has 5 atom stereocenters. The van der Waals surface area contributed by atoms with E-state index in [1.807, 2.05) is 60.7 Å². The molecule has 0 aromatic heterocycles. The second-order valence-corrected chi connectivity index (χ2v) is 9.76. The highest BCUT2D eigenvalue weighted by Gasteiger charge is 2.29.